The Labute approximate surface area is 241 Å². The molecule has 3 aromatic carbocycles. The molecule has 0 bridgehead atoms. The molecule has 0 aliphatic carbocycles. The maximum atomic E-state index is 14.0. The number of hydrogen-bond acceptors (Lipinski definition) is 6. The Balaban J connectivity index is 1.58. The summed E-state index contributed by atoms with van der Waals surface area (Å²) in [5, 5.41) is 7.67. The number of fused-ring (bicyclic) bond motifs is 2. The monoisotopic (exact) mass is 572 g/mol. The highest BCUT2D eigenvalue weighted by atomic mass is 32.2. The Bertz CT molecular complexity index is 1590. The van der Waals surface area contributed by atoms with E-state index in [9.17, 15) is 14.0 Å². The molecule has 2 amide bonds. The van der Waals surface area contributed by atoms with Gasteiger partial charge >= 0.3 is 0 Å². The first-order chi connectivity index (χ1) is 19.9. The fraction of sp³-hybridized carbons (Fsp3) is 0.258. The van der Waals surface area contributed by atoms with Crippen LogP contribution in [-0.4, -0.2) is 46.7 Å². The van der Waals surface area contributed by atoms with E-state index >= 15 is 0 Å². The van der Waals surface area contributed by atoms with Crippen molar-refractivity contribution in [1.82, 2.24) is 15.1 Å². The molecule has 0 spiro atoms. The fourth-order valence-corrected chi connectivity index (χ4v) is 6.18. The van der Waals surface area contributed by atoms with Gasteiger partial charge in [-0.15, -0.1) is 11.8 Å². The maximum Gasteiger partial charge on any atom is 0.240 e. The third kappa shape index (κ3) is 5.27. The minimum absolute atomic E-state index is 0.0401. The average Bonchev–Trinajstić information content (AvgIpc) is 3.58. The number of benzene rings is 3. The van der Waals surface area contributed by atoms with Crippen LogP contribution in [0.1, 0.15) is 36.6 Å². The van der Waals surface area contributed by atoms with E-state index in [1.807, 2.05) is 62.4 Å². The van der Waals surface area contributed by atoms with Crippen molar-refractivity contribution in [2.75, 3.05) is 24.0 Å². The molecule has 1 aromatic heterocycles. The summed E-state index contributed by atoms with van der Waals surface area (Å²) in [6, 6.07) is 21.4. The lowest BCUT2D eigenvalue weighted by Crippen LogP contribution is -2.44. The first-order valence-electron chi connectivity index (χ1n) is 13.5. The summed E-state index contributed by atoms with van der Waals surface area (Å²) < 4.78 is 26.8. The van der Waals surface area contributed by atoms with Crippen LogP contribution in [0.5, 0.6) is 11.5 Å². The molecule has 3 heterocycles. The maximum absolute atomic E-state index is 14.0. The van der Waals surface area contributed by atoms with Gasteiger partial charge in [0.2, 0.25) is 18.6 Å². The number of nitrogens with zero attached hydrogens (tertiary/aromatic N) is 3. The number of ether oxygens (including phenoxy) is 2. The molecule has 0 unspecified atom stereocenters. The number of rotatable bonds is 7. The zero-order valence-electron chi connectivity index (χ0n) is 22.7. The fourth-order valence-electron chi connectivity index (χ4n) is 5.00. The van der Waals surface area contributed by atoms with Crippen LogP contribution in [0.25, 0.3) is 16.9 Å². The van der Waals surface area contributed by atoms with E-state index in [2.05, 4.69) is 5.32 Å². The van der Waals surface area contributed by atoms with E-state index in [1.54, 1.807) is 16.8 Å². The van der Waals surface area contributed by atoms with Gasteiger partial charge in [0.05, 0.1) is 22.4 Å². The minimum Gasteiger partial charge on any atom is -0.454 e. The van der Waals surface area contributed by atoms with Crippen molar-refractivity contribution in [3.05, 3.63) is 89.7 Å². The Hall–Kier alpha value is -4.31. The predicted octanol–water partition coefficient (Wildman–Crippen LogP) is 5.49. The van der Waals surface area contributed by atoms with Gasteiger partial charge in [-0.25, -0.2) is 9.07 Å². The minimum atomic E-state index is -0.384. The molecule has 41 heavy (non-hydrogen) atoms. The van der Waals surface area contributed by atoms with E-state index in [-0.39, 0.29) is 48.0 Å². The Morgan fingerprint density at radius 3 is 2.61 bits per heavy atom. The molecule has 0 saturated carbocycles. The van der Waals surface area contributed by atoms with Crippen molar-refractivity contribution in [2.24, 2.45) is 0 Å². The Morgan fingerprint density at radius 2 is 1.85 bits per heavy atom. The number of nitrogens with one attached hydrogen (secondary N) is 1. The third-order valence-corrected chi connectivity index (χ3v) is 8.48. The number of thioether (sulfide) groups is 1. The van der Waals surface area contributed by atoms with Gasteiger partial charge in [0.1, 0.15) is 18.2 Å². The summed E-state index contributed by atoms with van der Waals surface area (Å²) in [5.41, 5.74) is 3.79. The number of amides is 2. The van der Waals surface area contributed by atoms with Crippen LogP contribution >= 0.6 is 11.8 Å². The predicted molar refractivity (Wildman–Crippen MR) is 156 cm³/mol. The molecule has 210 valence electrons. The molecule has 0 saturated heterocycles. The lowest BCUT2D eigenvalue weighted by Gasteiger charge is -2.24. The van der Waals surface area contributed by atoms with Gasteiger partial charge in [0, 0.05) is 17.2 Å². The zero-order chi connectivity index (χ0) is 28.5. The SMILES string of the molecule is CC[C@@H](C)NC(=O)CN1C(=O)CS[C@@H](c2ccc3c(c2)OCO3)c2c(-c3ccccc3)nn(-c3ccc(F)cc3)c21. The van der Waals surface area contributed by atoms with Crippen LogP contribution in [0.4, 0.5) is 10.2 Å². The van der Waals surface area contributed by atoms with Crippen LogP contribution in [0.2, 0.25) is 0 Å². The van der Waals surface area contributed by atoms with Crippen molar-refractivity contribution in [2.45, 2.75) is 31.6 Å². The highest BCUT2D eigenvalue weighted by Crippen LogP contribution is 2.50. The number of aromatic nitrogens is 2. The van der Waals surface area contributed by atoms with Crippen LogP contribution in [-0.2, 0) is 9.59 Å². The van der Waals surface area contributed by atoms with Crippen molar-refractivity contribution in [3.8, 4) is 28.4 Å². The van der Waals surface area contributed by atoms with E-state index in [0.717, 1.165) is 23.1 Å². The smallest absolute Gasteiger partial charge is 0.240 e. The summed E-state index contributed by atoms with van der Waals surface area (Å²) in [7, 11) is 0. The molecule has 6 rings (SSSR count). The van der Waals surface area contributed by atoms with Gasteiger partial charge in [0.15, 0.2) is 11.5 Å². The van der Waals surface area contributed by atoms with Crippen LogP contribution in [0, 0.1) is 5.82 Å². The molecule has 10 heteroatoms. The normalized spacial score (nSPS) is 16.7. The zero-order valence-corrected chi connectivity index (χ0v) is 23.5. The van der Waals surface area contributed by atoms with Crippen molar-refractivity contribution in [3.63, 3.8) is 0 Å². The summed E-state index contributed by atoms with van der Waals surface area (Å²) in [5.74, 6) is 1.05. The molecule has 2 aliphatic heterocycles. The largest absolute Gasteiger partial charge is 0.454 e. The highest BCUT2D eigenvalue weighted by molar-refractivity contribution is 8.00. The number of halogens is 1. The molecule has 8 nitrogen and oxygen atoms in total. The van der Waals surface area contributed by atoms with Crippen molar-refractivity contribution in [1.29, 1.82) is 0 Å². The van der Waals surface area contributed by atoms with Crippen molar-refractivity contribution < 1.29 is 23.5 Å². The van der Waals surface area contributed by atoms with Crippen molar-refractivity contribution >= 4 is 29.4 Å². The molecule has 2 aliphatic rings. The summed E-state index contributed by atoms with van der Waals surface area (Å²) in [6.07, 6.45) is 0.763. The second kappa shape index (κ2) is 11.3. The molecule has 2 atom stereocenters. The van der Waals surface area contributed by atoms with Gasteiger partial charge in [-0.05, 0) is 55.3 Å². The van der Waals surface area contributed by atoms with Crippen LogP contribution in [0.3, 0.4) is 0 Å². The Kier molecular flexibility index (Phi) is 7.40. The van der Waals surface area contributed by atoms with E-state index in [0.29, 0.717) is 28.7 Å². The molecular weight excluding hydrogens is 543 g/mol. The standard InChI is InChI=1S/C31H29FN4O4S/c1-3-19(2)33-26(37)16-35-27(38)17-41-30(21-9-14-24-25(15-21)40-18-39-24)28-29(20-7-5-4-6-8-20)34-36(31(28)35)23-12-10-22(32)11-13-23/h4-15,19,30H,3,16-18H2,1-2H3,(H,33,37)/t19-,30+/m1/s1. The van der Waals surface area contributed by atoms with Gasteiger partial charge in [0.25, 0.3) is 0 Å². The van der Waals surface area contributed by atoms with Crippen LogP contribution in [0.15, 0.2) is 72.8 Å². The summed E-state index contributed by atoms with van der Waals surface area (Å²) in [4.78, 5) is 28.5. The number of hydrogen-bond donors (Lipinski definition) is 1. The van der Waals surface area contributed by atoms with Gasteiger partial charge in [-0.2, -0.15) is 5.10 Å². The average molecular weight is 573 g/mol. The molecule has 0 radical (unpaired) electrons. The molecular formula is C31H29FN4O4S. The molecule has 4 aromatic rings. The first-order valence-corrected chi connectivity index (χ1v) is 14.5. The molecule has 0 fully saturated rings. The molecule has 1 N–H and O–H groups in total. The number of anilines is 1. The summed E-state index contributed by atoms with van der Waals surface area (Å²) >= 11 is 1.47. The number of carbonyl (C=O) groups excluding carboxylic acids is 2. The van der Waals surface area contributed by atoms with Crippen LogP contribution < -0.4 is 19.7 Å². The highest BCUT2D eigenvalue weighted by Gasteiger charge is 2.38. The second-order valence-electron chi connectivity index (χ2n) is 10.0. The summed E-state index contributed by atoms with van der Waals surface area (Å²) in [6.45, 7) is 3.89. The van der Waals surface area contributed by atoms with E-state index < -0.39 is 0 Å². The van der Waals surface area contributed by atoms with E-state index in [1.165, 1.54) is 28.8 Å². The lowest BCUT2D eigenvalue weighted by molar-refractivity contribution is -0.123. The first kappa shape index (κ1) is 26.9. The van der Waals surface area contributed by atoms with E-state index in [4.69, 9.17) is 14.6 Å². The Morgan fingerprint density at radius 1 is 1.10 bits per heavy atom. The van der Waals surface area contributed by atoms with Gasteiger partial charge in [-0.1, -0.05) is 43.3 Å². The van der Waals surface area contributed by atoms with Gasteiger partial charge < -0.3 is 14.8 Å². The quantitative estimate of drug-likeness (QED) is 0.315. The third-order valence-electron chi connectivity index (χ3n) is 7.23. The second-order valence-corrected chi connectivity index (χ2v) is 11.1. The lowest BCUT2D eigenvalue weighted by atomic mass is 9.99. The van der Waals surface area contributed by atoms with Gasteiger partial charge in [-0.3, -0.25) is 14.5 Å². The number of carbonyl (C=O) groups is 2. The topological polar surface area (TPSA) is 85.7 Å².